The number of nitrogens with zero attached hydrogens (tertiary/aromatic N) is 14. The number of hydrogen-bond donors (Lipinski definition) is 2. The number of anilines is 3. The van der Waals surface area contributed by atoms with Crippen molar-refractivity contribution < 1.29 is 28.6 Å². The number of likely N-dealkylation sites (tertiary alicyclic amines) is 3. The van der Waals surface area contributed by atoms with Crippen LogP contribution in [0.4, 0.5) is 31.8 Å². The van der Waals surface area contributed by atoms with Crippen LogP contribution in [0.5, 0.6) is 0 Å². The smallest absolute Gasteiger partial charge is 0.410 e. The Hall–Kier alpha value is -5.97. The summed E-state index contributed by atoms with van der Waals surface area (Å²) in [6.07, 6.45) is 18.1. The molecule has 87 heavy (non-hydrogen) atoms. The molecule has 12 heterocycles. The van der Waals surface area contributed by atoms with Crippen molar-refractivity contribution in [1.82, 2.24) is 65.2 Å². The monoisotopic (exact) mass is 1240 g/mol. The third-order valence-corrected chi connectivity index (χ3v) is 16.5. The van der Waals surface area contributed by atoms with Crippen LogP contribution in [0, 0.1) is 23.7 Å². The quantitative estimate of drug-likeness (QED) is 0.164. The van der Waals surface area contributed by atoms with Crippen LogP contribution in [-0.4, -0.2) is 194 Å². The van der Waals surface area contributed by atoms with Gasteiger partial charge >= 0.3 is 18.3 Å². The molecule has 3 amide bonds. The summed E-state index contributed by atoms with van der Waals surface area (Å²) in [5, 5.41) is 6.98. The van der Waals surface area contributed by atoms with Gasteiger partial charge in [-0.1, -0.05) is 39.3 Å². The molecule has 2 N–H and O–H groups in total. The highest BCUT2D eigenvalue weighted by Gasteiger charge is 2.41. The minimum atomic E-state index is -0.466. The third kappa shape index (κ3) is 19.8. The molecule has 0 saturated carbocycles. The summed E-state index contributed by atoms with van der Waals surface area (Å²) in [6, 6.07) is 0. The van der Waals surface area contributed by atoms with Crippen molar-refractivity contribution in [2.45, 2.75) is 156 Å². The fourth-order valence-electron chi connectivity index (χ4n) is 11.3. The summed E-state index contributed by atoms with van der Waals surface area (Å²) in [7, 11) is 0. The average molecular weight is 1250 g/mol. The summed E-state index contributed by atoms with van der Waals surface area (Å²) in [5.41, 5.74) is 2.60. The number of ether oxygens (including phenoxy) is 3. The Morgan fingerprint density at radius 1 is 0.414 bits per heavy atom. The van der Waals surface area contributed by atoms with Gasteiger partial charge in [-0.3, -0.25) is 19.9 Å². The van der Waals surface area contributed by atoms with E-state index in [0.29, 0.717) is 62.2 Å². The first-order valence-electron chi connectivity index (χ1n) is 31.3. The van der Waals surface area contributed by atoms with Crippen molar-refractivity contribution in [1.29, 1.82) is 0 Å². The second kappa shape index (κ2) is 30.5. The Morgan fingerprint density at radius 2 is 0.724 bits per heavy atom. The van der Waals surface area contributed by atoms with Crippen molar-refractivity contribution in [2.75, 3.05) is 119 Å². The lowest BCUT2D eigenvalue weighted by Crippen LogP contribution is -2.50. The molecule has 0 aliphatic carbocycles. The van der Waals surface area contributed by atoms with Gasteiger partial charge < -0.3 is 54.2 Å². The van der Waals surface area contributed by atoms with E-state index in [2.05, 4.69) is 92.9 Å². The summed E-state index contributed by atoms with van der Waals surface area (Å²) >= 11 is 5.96. The number of carbonyl (C=O) groups excluding carboxylic acids is 3. The molecule has 4 atom stereocenters. The van der Waals surface area contributed by atoms with Gasteiger partial charge in [0.15, 0.2) is 22.6 Å². The molecule has 12 rings (SSSR count). The van der Waals surface area contributed by atoms with E-state index < -0.39 is 16.8 Å². The second-order valence-corrected chi connectivity index (χ2v) is 28.1. The lowest BCUT2D eigenvalue weighted by Gasteiger charge is -2.40. The molecule has 8 aliphatic heterocycles. The first-order valence-corrected chi connectivity index (χ1v) is 31.6. The van der Waals surface area contributed by atoms with Crippen molar-refractivity contribution in [3.8, 4) is 0 Å². The van der Waals surface area contributed by atoms with Crippen LogP contribution in [0.25, 0.3) is 0 Å². The summed E-state index contributed by atoms with van der Waals surface area (Å²) < 4.78 is 16.1. The van der Waals surface area contributed by atoms with E-state index in [-0.39, 0.29) is 48.4 Å². The SMILES string of the molecule is CC(C)(C)OC(=O)N1CC(c2nccnc2Cl)C1.CC1CCN(c2nccnc2C2CN(C(=O)OC(C)(C)C)C2)C1.CC1CCN(c2nccnc2C2CN(C(=O)OC(C)(C)C)C2)C1.CC1CCN(c2nccnc2C2CNC2)C1.CC1CCNC1.Cl. The van der Waals surface area contributed by atoms with Crippen LogP contribution in [-0.2, 0) is 14.2 Å². The Balaban J connectivity index is 0.000000161. The fraction of sp³-hybridized carbons (Fsp3) is 0.698. The molecule has 0 spiro atoms. The number of amides is 3. The zero-order valence-electron chi connectivity index (χ0n) is 53.9. The van der Waals surface area contributed by atoms with E-state index in [1.807, 2.05) is 74.7 Å². The van der Waals surface area contributed by atoms with Gasteiger partial charge in [-0.15, -0.1) is 12.4 Å². The van der Waals surface area contributed by atoms with E-state index in [1.165, 1.54) is 44.5 Å². The molecule has 0 aromatic carbocycles. The zero-order chi connectivity index (χ0) is 61.9. The Bertz CT molecular complexity index is 2740. The van der Waals surface area contributed by atoms with Crippen LogP contribution in [0.15, 0.2) is 49.6 Å². The van der Waals surface area contributed by atoms with Crippen molar-refractivity contribution in [3.05, 3.63) is 77.5 Å². The normalized spacial score (nSPS) is 22.2. The first kappa shape index (κ1) is 68.5. The molecule has 4 unspecified atom stereocenters. The minimum absolute atomic E-state index is 0. The molecule has 0 radical (unpaired) electrons. The predicted molar refractivity (Wildman–Crippen MR) is 342 cm³/mol. The summed E-state index contributed by atoms with van der Waals surface area (Å²) in [6.45, 7) is 40.7. The van der Waals surface area contributed by atoms with E-state index in [9.17, 15) is 14.4 Å². The molecule has 0 bridgehead atoms. The lowest BCUT2D eigenvalue weighted by atomic mass is 9.96. The standard InChI is InChI=1S/2C17H26N4O2.C12H16ClN3O2.C12H18N4.C5H11N.ClH/c2*1-12-5-8-20(9-12)15-14(18-6-7-19-15)13-10-21(11-13)16(22)23-17(2,3)4;1-12(2,3)18-11(17)16-6-8(7-16)9-10(13)15-5-4-14-9;1-9-2-5-16(8-9)12-11(10-6-13-7-10)14-3-4-15-12;1-5-2-3-6-4-5;/h2*6-7,12-13H,5,8-11H2,1-4H3;4-5,8H,6-7H2,1-3H3;3-4,9-10,13H,2,5-8H2,1H3;5-6H,2-4H2,1H3;1H. The molecule has 4 aromatic heterocycles. The molecule has 4 aromatic rings. The maximum Gasteiger partial charge on any atom is 0.410 e. The highest BCUT2D eigenvalue weighted by atomic mass is 35.5. The van der Waals surface area contributed by atoms with Crippen LogP contribution in [0.1, 0.15) is 162 Å². The largest absolute Gasteiger partial charge is 0.444 e. The van der Waals surface area contributed by atoms with Gasteiger partial charge in [-0.2, -0.15) is 0 Å². The van der Waals surface area contributed by atoms with Crippen LogP contribution < -0.4 is 25.3 Å². The zero-order valence-corrected chi connectivity index (χ0v) is 55.4. The summed E-state index contributed by atoms with van der Waals surface area (Å²) in [4.78, 5) is 83.5. The fourth-order valence-corrected chi connectivity index (χ4v) is 11.5. The molecule has 480 valence electrons. The van der Waals surface area contributed by atoms with E-state index in [4.69, 9.17) is 25.8 Å². The molecule has 8 fully saturated rings. The Kier molecular flexibility index (Phi) is 24.0. The van der Waals surface area contributed by atoms with Gasteiger partial charge in [0.25, 0.3) is 0 Å². The van der Waals surface area contributed by atoms with Gasteiger partial charge in [-0.25, -0.2) is 34.3 Å². The summed E-state index contributed by atoms with van der Waals surface area (Å²) in [5.74, 6) is 7.45. The van der Waals surface area contributed by atoms with Gasteiger partial charge in [0.05, 0.1) is 22.8 Å². The lowest BCUT2D eigenvalue weighted by molar-refractivity contribution is 0.00694. The molecule has 8 saturated heterocycles. The van der Waals surface area contributed by atoms with Gasteiger partial charge in [0.2, 0.25) is 0 Å². The molecular weight excluding hydrogens is 1150 g/mol. The molecular formula is C63H98Cl2N16O6. The van der Waals surface area contributed by atoms with Gasteiger partial charge in [-0.05, 0) is 125 Å². The van der Waals surface area contributed by atoms with Gasteiger partial charge in [0.1, 0.15) is 16.8 Å². The Labute approximate surface area is 527 Å². The van der Waals surface area contributed by atoms with Crippen molar-refractivity contribution >= 4 is 59.7 Å². The van der Waals surface area contributed by atoms with E-state index in [1.54, 1.807) is 51.9 Å². The number of nitrogens with one attached hydrogen (secondary N) is 2. The maximum atomic E-state index is 12.1. The van der Waals surface area contributed by atoms with Gasteiger partial charge in [0, 0.05) is 165 Å². The average Bonchev–Trinajstić information content (AvgIpc) is 2.12. The highest BCUT2D eigenvalue weighted by molar-refractivity contribution is 6.30. The van der Waals surface area contributed by atoms with E-state index in [0.717, 1.165) is 98.7 Å². The molecule has 8 aliphatic rings. The molecule has 22 nitrogen and oxygen atoms in total. The minimum Gasteiger partial charge on any atom is -0.444 e. The highest BCUT2D eigenvalue weighted by Crippen LogP contribution is 2.37. The van der Waals surface area contributed by atoms with E-state index >= 15 is 0 Å². The maximum absolute atomic E-state index is 12.1. The van der Waals surface area contributed by atoms with Crippen LogP contribution in [0.2, 0.25) is 5.15 Å². The number of halogens is 2. The third-order valence-electron chi connectivity index (χ3n) is 16.2. The number of aromatic nitrogens is 8. The molecule has 24 heteroatoms. The van der Waals surface area contributed by atoms with Crippen molar-refractivity contribution in [3.63, 3.8) is 0 Å². The number of carbonyl (C=O) groups is 3. The van der Waals surface area contributed by atoms with Crippen LogP contribution in [0.3, 0.4) is 0 Å². The van der Waals surface area contributed by atoms with Crippen LogP contribution >= 0.6 is 24.0 Å². The predicted octanol–water partition coefficient (Wildman–Crippen LogP) is 9.83. The number of hydrogen-bond acceptors (Lipinski definition) is 19. The Morgan fingerprint density at radius 3 is 0.977 bits per heavy atom. The van der Waals surface area contributed by atoms with Crippen molar-refractivity contribution in [2.24, 2.45) is 23.7 Å². The second-order valence-electron chi connectivity index (χ2n) is 27.7. The number of rotatable bonds is 7. The first-order chi connectivity index (χ1) is 40.8. The topological polar surface area (TPSA) is 226 Å².